The number of aryl methyl sites for hydroxylation is 1. The second kappa shape index (κ2) is 6.93. The molecule has 0 bridgehead atoms. The molecule has 0 radical (unpaired) electrons. The van der Waals surface area contributed by atoms with Crippen LogP contribution in [0.15, 0.2) is 6.33 Å². The van der Waals surface area contributed by atoms with Crippen molar-refractivity contribution in [3.8, 4) is 0 Å². The van der Waals surface area contributed by atoms with Gasteiger partial charge in [0.25, 0.3) is 0 Å². The van der Waals surface area contributed by atoms with E-state index in [0.29, 0.717) is 5.25 Å². The fourth-order valence-electron chi connectivity index (χ4n) is 2.55. The van der Waals surface area contributed by atoms with Crippen LogP contribution in [0.3, 0.4) is 0 Å². The quantitative estimate of drug-likeness (QED) is 0.835. The Morgan fingerprint density at radius 1 is 1.52 bits per heavy atom. The summed E-state index contributed by atoms with van der Waals surface area (Å²) in [7, 11) is 3.35. The molecule has 7 nitrogen and oxygen atoms in total. The molecule has 1 aliphatic carbocycles. The minimum atomic E-state index is -0.666. The van der Waals surface area contributed by atoms with Crippen LogP contribution in [0.5, 0.6) is 0 Å². The van der Waals surface area contributed by atoms with E-state index in [0.717, 1.165) is 25.0 Å². The zero-order chi connectivity index (χ0) is 15.4. The third-order valence-electron chi connectivity index (χ3n) is 3.76. The van der Waals surface area contributed by atoms with Crippen LogP contribution >= 0.6 is 11.8 Å². The van der Waals surface area contributed by atoms with Gasteiger partial charge in [0.1, 0.15) is 6.33 Å². The fourth-order valence-corrected chi connectivity index (χ4v) is 3.68. The number of aromatic nitrogens is 3. The number of thioether (sulfide) groups is 1. The van der Waals surface area contributed by atoms with Crippen LogP contribution < -0.4 is 5.32 Å². The summed E-state index contributed by atoms with van der Waals surface area (Å²) in [6.45, 7) is 2.14. The van der Waals surface area contributed by atoms with Gasteiger partial charge in [0.15, 0.2) is 0 Å². The van der Waals surface area contributed by atoms with E-state index in [4.69, 9.17) is 0 Å². The summed E-state index contributed by atoms with van der Waals surface area (Å²) < 4.78 is 1.41. The average Bonchev–Trinajstić information content (AvgIpc) is 3.08. The Kier molecular flexibility index (Phi) is 5.22. The molecular weight excluding hydrogens is 290 g/mol. The van der Waals surface area contributed by atoms with Crippen molar-refractivity contribution in [1.29, 1.82) is 0 Å². The van der Waals surface area contributed by atoms with E-state index in [1.54, 1.807) is 19.0 Å². The molecule has 0 aliphatic heterocycles. The first-order chi connectivity index (χ1) is 10.0. The number of anilines is 1. The lowest BCUT2D eigenvalue weighted by Gasteiger charge is -2.23. The molecule has 1 aliphatic rings. The smallest absolute Gasteiger partial charge is 0.316 e. The molecule has 2 rings (SSSR count). The molecule has 2 atom stereocenters. The summed E-state index contributed by atoms with van der Waals surface area (Å²) in [6, 6.07) is 0.145. The standard InChI is InChI=1S/C13H21N5O2S/c1-4-21-10-6-5-9(7-10)17(2)12(20)11(19)16-13-14-8-15-18(13)3/h8-10H,4-7H2,1-3H3,(H,14,15,16,19)/t9-,10-/m0/s1. The molecule has 0 unspecified atom stereocenters. The zero-order valence-electron chi connectivity index (χ0n) is 12.6. The molecule has 1 aromatic rings. The van der Waals surface area contributed by atoms with E-state index in [1.165, 1.54) is 11.0 Å². The molecule has 8 heteroatoms. The first-order valence-electron chi connectivity index (χ1n) is 7.06. The first-order valence-corrected chi connectivity index (χ1v) is 8.11. The number of hydrogen-bond donors (Lipinski definition) is 1. The maximum absolute atomic E-state index is 12.2. The van der Waals surface area contributed by atoms with Gasteiger partial charge in [-0.3, -0.25) is 14.9 Å². The third kappa shape index (κ3) is 3.75. The zero-order valence-corrected chi connectivity index (χ0v) is 13.4. The SMILES string of the molecule is CCS[C@H]1CC[C@H](N(C)C(=O)C(=O)Nc2ncnn2C)C1. The van der Waals surface area contributed by atoms with Crippen LogP contribution in [0.2, 0.25) is 0 Å². The minimum Gasteiger partial charge on any atom is -0.334 e. The van der Waals surface area contributed by atoms with E-state index >= 15 is 0 Å². The molecule has 0 saturated heterocycles. The molecule has 0 spiro atoms. The summed E-state index contributed by atoms with van der Waals surface area (Å²) >= 11 is 1.93. The summed E-state index contributed by atoms with van der Waals surface area (Å²) in [5.74, 6) is 0.166. The summed E-state index contributed by atoms with van der Waals surface area (Å²) in [6.07, 6.45) is 4.34. The molecule has 2 amide bonds. The van der Waals surface area contributed by atoms with Gasteiger partial charge in [-0.15, -0.1) is 0 Å². The summed E-state index contributed by atoms with van der Waals surface area (Å²) in [5, 5.41) is 6.92. The van der Waals surface area contributed by atoms with Crippen molar-refractivity contribution in [3.05, 3.63) is 6.33 Å². The van der Waals surface area contributed by atoms with E-state index in [9.17, 15) is 9.59 Å². The lowest BCUT2D eigenvalue weighted by atomic mass is 10.2. The number of carbonyl (C=O) groups excluding carboxylic acids is 2. The third-order valence-corrected chi connectivity index (χ3v) is 4.99. The predicted molar refractivity (Wildman–Crippen MR) is 82.0 cm³/mol. The maximum atomic E-state index is 12.2. The molecule has 0 aromatic carbocycles. The number of amides is 2. The highest BCUT2D eigenvalue weighted by molar-refractivity contribution is 7.99. The lowest BCUT2D eigenvalue weighted by Crippen LogP contribution is -2.42. The molecule has 1 aromatic heterocycles. The normalized spacial score (nSPS) is 21.3. The van der Waals surface area contributed by atoms with Gasteiger partial charge >= 0.3 is 11.8 Å². The van der Waals surface area contributed by atoms with Gasteiger partial charge in [-0.1, -0.05) is 6.92 Å². The Labute approximate surface area is 128 Å². The summed E-state index contributed by atoms with van der Waals surface area (Å²) in [4.78, 5) is 29.6. The molecule has 1 N–H and O–H groups in total. The molecule has 1 fully saturated rings. The van der Waals surface area contributed by atoms with Crippen LogP contribution in [-0.4, -0.2) is 55.6 Å². The number of rotatable bonds is 4. The van der Waals surface area contributed by atoms with Gasteiger partial charge in [-0.05, 0) is 25.0 Å². The maximum Gasteiger partial charge on any atom is 0.316 e. The molecule has 1 heterocycles. The molecule has 1 saturated carbocycles. The first kappa shape index (κ1) is 15.8. The Morgan fingerprint density at radius 3 is 2.90 bits per heavy atom. The molecular formula is C13H21N5O2S. The van der Waals surface area contributed by atoms with Crippen LogP contribution in [-0.2, 0) is 16.6 Å². The van der Waals surface area contributed by atoms with Crippen molar-refractivity contribution in [3.63, 3.8) is 0 Å². The minimum absolute atomic E-state index is 0.145. The van der Waals surface area contributed by atoms with Gasteiger partial charge in [0.05, 0.1) is 0 Å². The van der Waals surface area contributed by atoms with Gasteiger partial charge in [-0.2, -0.15) is 21.8 Å². The van der Waals surface area contributed by atoms with Crippen LogP contribution in [0.4, 0.5) is 5.95 Å². The molecule has 21 heavy (non-hydrogen) atoms. The second-order valence-electron chi connectivity index (χ2n) is 5.12. The van der Waals surface area contributed by atoms with Crippen molar-refractivity contribution < 1.29 is 9.59 Å². The topological polar surface area (TPSA) is 80.1 Å². The highest BCUT2D eigenvalue weighted by atomic mass is 32.2. The number of likely N-dealkylation sites (N-methyl/N-ethyl adjacent to an activating group) is 1. The van der Waals surface area contributed by atoms with Crippen LogP contribution in [0, 0.1) is 0 Å². The average molecular weight is 311 g/mol. The Morgan fingerprint density at radius 2 is 2.29 bits per heavy atom. The lowest BCUT2D eigenvalue weighted by molar-refractivity contribution is -0.143. The Bertz CT molecular complexity index is 518. The molecule has 116 valence electrons. The largest absolute Gasteiger partial charge is 0.334 e. The Balaban J connectivity index is 1.90. The van der Waals surface area contributed by atoms with Crippen LogP contribution in [0.1, 0.15) is 26.2 Å². The monoisotopic (exact) mass is 311 g/mol. The van der Waals surface area contributed by atoms with E-state index in [2.05, 4.69) is 22.3 Å². The number of hydrogen-bond acceptors (Lipinski definition) is 5. The number of nitrogens with one attached hydrogen (secondary N) is 1. The van der Waals surface area contributed by atoms with Gasteiger partial charge in [-0.25, -0.2) is 4.68 Å². The van der Waals surface area contributed by atoms with Crippen LogP contribution in [0.25, 0.3) is 0 Å². The second-order valence-corrected chi connectivity index (χ2v) is 6.70. The highest BCUT2D eigenvalue weighted by Gasteiger charge is 2.32. The van der Waals surface area contributed by atoms with Crippen molar-refractivity contribution in [2.45, 2.75) is 37.5 Å². The van der Waals surface area contributed by atoms with Crippen molar-refractivity contribution >= 4 is 29.5 Å². The van der Waals surface area contributed by atoms with Gasteiger partial charge in [0.2, 0.25) is 5.95 Å². The van der Waals surface area contributed by atoms with E-state index in [-0.39, 0.29) is 12.0 Å². The Hall–Kier alpha value is -1.57. The van der Waals surface area contributed by atoms with E-state index in [1.807, 2.05) is 11.8 Å². The number of carbonyl (C=O) groups is 2. The van der Waals surface area contributed by atoms with Crippen molar-refractivity contribution in [2.24, 2.45) is 7.05 Å². The predicted octanol–water partition coefficient (Wildman–Crippen LogP) is 0.886. The number of nitrogens with zero attached hydrogens (tertiary/aromatic N) is 4. The van der Waals surface area contributed by atoms with Crippen molar-refractivity contribution in [1.82, 2.24) is 19.7 Å². The van der Waals surface area contributed by atoms with Gasteiger partial charge in [0, 0.05) is 25.4 Å². The fraction of sp³-hybridized carbons (Fsp3) is 0.692. The van der Waals surface area contributed by atoms with Crippen molar-refractivity contribution in [2.75, 3.05) is 18.1 Å². The highest BCUT2D eigenvalue weighted by Crippen LogP contribution is 2.32. The van der Waals surface area contributed by atoms with E-state index < -0.39 is 11.8 Å². The van der Waals surface area contributed by atoms with Gasteiger partial charge < -0.3 is 4.90 Å². The summed E-state index contributed by atoms with van der Waals surface area (Å²) in [5.41, 5.74) is 0.